The molecular formula is C14H15N3S2. The monoisotopic (exact) mass is 289 g/mol. The first-order chi connectivity index (χ1) is 9.13. The van der Waals surface area contributed by atoms with Gasteiger partial charge in [0.05, 0.1) is 21.4 Å². The molecule has 5 heteroatoms. The van der Waals surface area contributed by atoms with Gasteiger partial charge in [-0.15, -0.1) is 22.7 Å². The maximum atomic E-state index is 5.84. The number of hydrogen-bond donors (Lipinski definition) is 1. The minimum Gasteiger partial charge on any atom is -0.375 e. The van der Waals surface area contributed by atoms with Crippen LogP contribution < -0.4 is 5.73 Å². The maximum Gasteiger partial charge on any atom is 0.180 e. The van der Waals surface area contributed by atoms with E-state index in [2.05, 4.69) is 42.0 Å². The van der Waals surface area contributed by atoms with E-state index in [0.29, 0.717) is 11.0 Å². The summed E-state index contributed by atoms with van der Waals surface area (Å²) in [6.45, 7) is 4.31. The van der Waals surface area contributed by atoms with Crippen LogP contribution in [-0.4, -0.2) is 9.97 Å². The summed E-state index contributed by atoms with van der Waals surface area (Å²) in [5, 5.41) is 0.664. The summed E-state index contributed by atoms with van der Waals surface area (Å²) in [5.74, 6) is 0.413. The fourth-order valence-corrected chi connectivity index (χ4v) is 3.92. The van der Waals surface area contributed by atoms with E-state index >= 15 is 0 Å². The summed E-state index contributed by atoms with van der Waals surface area (Å²) in [6, 6.07) is 6.44. The molecule has 0 spiro atoms. The molecule has 0 saturated carbocycles. The van der Waals surface area contributed by atoms with Gasteiger partial charge < -0.3 is 5.73 Å². The average molecular weight is 289 g/mol. The highest BCUT2D eigenvalue weighted by Gasteiger charge is 2.13. The van der Waals surface area contributed by atoms with Crippen molar-refractivity contribution in [2.75, 3.05) is 5.73 Å². The Morgan fingerprint density at radius 1 is 1.32 bits per heavy atom. The lowest BCUT2D eigenvalue weighted by molar-refractivity contribution is 0.820. The SMILES string of the molecule is CC(C)c1nc(N)sc1Cc1ccc2ncsc2c1. The number of nitrogens with zero attached hydrogens (tertiary/aromatic N) is 2. The normalized spacial score (nSPS) is 11.5. The average Bonchev–Trinajstić information content (AvgIpc) is 2.95. The molecule has 1 aromatic carbocycles. The van der Waals surface area contributed by atoms with Gasteiger partial charge in [0.15, 0.2) is 5.13 Å². The Labute approximate surface area is 120 Å². The molecule has 19 heavy (non-hydrogen) atoms. The summed E-state index contributed by atoms with van der Waals surface area (Å²) < 4.78 is 1.24. The zero-order valence-electron chi connectivity index (χ0n) is 10.9. The predicted molar refractivity (Wildman–Crippen MR) is 83.0 cm³/mol. The van der Waals surface area contributed by atoms with Crippen LogP contribution in [0.4, 0.5) is 5.13 Å². The Balaban J connectivity index is 1.95. The number of rotatable bonds is 3. The zero-order valence-corrected chi connectivity index (χ0v) is 12.5. The second-order valence-corrected chi connectivity index (χ2v) is 6.85. The molecule has 0 saturated heterocycles. The second-order valence-electron chi connectivity index (χ2n) is 4.85. The smallest absolute Gasteiger partial charge is 0.180 e. The summed E-state index contributed by atoms with van der Waals surface area (Å²) in [4.78, 5) is 10.0. The van der Waals surface area contributed by atoms with Crippen LogP contribution in [0.1, 0.15) is 35.9 Å². The van der Waals surface area contributed by atoms with Gasteiger partial charge in [-0.2, -0.15) is 0 Å². The third-order valence-electron chi connectivity index (χ3n) is 3.05. The minimum atomic E-state index is 0.413. The summed E-state index contributed by atoms with van der Waals surface area (Å²) in [7, 11) is 0. The maximum absolute atomic E-state index is 5.84. The molecule has 3 rings (SSSR count). The van der Waals surface area contributed by atoms with Gasteiger partial charge >= 0.3 is 0 Å². The highest BCUT2D eigenvalue weighted by Crippen LogP contribution is 2.29. The first kappa shape index (κ1) is 12.6. The molecule has 2 N–H and O–H groups in total. The number of nitrogen functional groups attached to an aromatic ring is 1. The molecule has 0 fully saturated rings. The Hall–Kier alpha value is -1.46. The van der Waals surface area contributed by atoms with Crippen LogP contribution in [0.25, 0.3) is 10.2 Å². The van der Waals surface area contributed by atoms with Crippen LogP contribution in [-0.2, 0) is 6.42 Å². The Morgan fingerprint density at radius 2 is 2.16 bits per heavy atom. The number of aromatic nitrogens is 2. The summed E-state index contributed by atoms with van der Waals surface area (Å²) in [5.41, 5.74) is 11.2. The van der Waals surface area contributed by atoms with Crippen molar-refractivity contribution in [3.05, 3.63) is 39.8 Å². The molecule has 0 aliphatic rings. The molecule has 3 aromatic rings. The first-order valence-electron chi connectivity index (χ1n) is 6.20. The fraction of sp³-hybridized carbons (Fsp3) is 0.286. The number of fused-ring (bicyclic) bond motifs is 1. The van der Waals surface area contributed by atoms with Gasteiger partial charge in [-0.3, -0.25) is 0 Å². The van der Waals surface area contributed by atoms with Crippen LogP contribution in [0.5, 0.6) is 0 Å². The Morgan fingerprint density at radius 3 is 2.95 bits per heavy atom. The van der Waals surface area contributed by atoms with E-state index < -0.39 is 0 Å². The highest BCUT2D eigenvalue weighted by atomic mass is 32.1. The van der Waals surface area contributed by atoms with Crippen LogP contribution in [0.3, 0.4) is 0 Å². The second kappa shape index (κ2) is 4.90. The van der Waals surface area contributed by atoms with Crippen molar-refractivity contribution in [2.24, 2.45) is 0 Å². The van der Waals surface area contributed by atoms with Crippen molar-refractivity contribution in [1.82, 2.24) is 9.97 Å². The molecule has 98 valence electrons. The number of hydrogen-bond acceptors (Lipinski definition) is 5. The Bertz CT molecular complexity index is 712. The van der Waals surface area contributed by atoms with Crippen molar-refractivity contribution in [3.8, 4) is 0 Å². The van der Waals surface area contributed by atoms with Gasteiger partial charge in [0.25, 0.3) is 0 Å². The van der Waals surface area contributed by atoms with Crippen molar-refractivity contribution in [1.29, 1.82) is 0 Å². The molecule has 2 heterocycles. The lowest BCUT2D eigenvalue weighted by atomic mass is 10.0. The first-order valence-corrected chi connectivity index (χ1v) is 7.90. The van der Waals surface area contributed by atoms with E-state index in [9.17, 15) is 0 Å². The van der Waals surface area contributed by atoms with E-state index in [4.69, 9.17) is 5.73 Å². The van der Waals surface area contributed by atoms with Crippen molar-refractivity contribution < 1.29 is 0 Å². The summed E-state index contributed by atoms with van der Waals surface area (Å²) in [6.07, 6.45) is 0.899. The molecule has 0 atom stereocenters. The number of benzene rings is 1. The van der Waals surface area contributed by atoms with Gasteiger partial charge in [-0.25, -0.2) is 9.97 Å². The van der Waals surface area contributed by atoms with E-state index in [-0.39, 0.29) is 0 Å². The molecule has 0 bridgehead atoms. The molecule has 0 aliphatic carbocycles. The van der Waals surface area contributed by atoms with Gasteiger partial charge in [-0.1, -0.05) is 19.9 Å². The van der Waals surface area contributed by atoms with Gasteiger partial charge in [0, 0.05) is 11.3 Å². The zero-order chi connectivity index (χ0) is 13.4. The van der Waals surface area contributed by atoms with Crippen molar-refractivity contribution in [3.63, 3.8) is 0 Å². The lowest BCUT2D eigenvalue weighted by Crippen LogP contribution is -1.95. The largest absolute Gasteiger partial charge is 0.375 e. The molecular weight excluding hydrogens is 274 g/mol. The third-order valence-corrected chi connectivity index (χ3v) is 4.74. The fourth-order valence-electron chi connectivity index (χ4n) is 2.15. The molecule has 0 aliphatic heterocycles. The predicted octanol–water partition coefficient (Wildman–Crippen LogP) is 4.05. The minimum absolute atomic E-state index is 0.413. The molecule has 3 nitrogen and oxygen atoms in total. The van der Waals surface area contributed by atoms with Gasteiger partial charge in [0.2, 0.25) is 0 Å². The summed E-state index contributed by atoms with van der Waals surface area (Å²) >= 11 is 3.28. The lowest BCUT2D eigenvalue weighted by Gasteiger charge is -2.05. The number of nitrogens with two attached hydrogens (primary N) is 1. The third kappa shape index (κ3) is 2.48. The van der Waals surface area contributed by atoms with E-state index in [1.807, 2.05) is 5.51 Å². The van der Waals surface area contributed by atoms with Gasteiger partial charge in [0.1, 0.15) is 0 Å². The number of thiazole rings is 2. The van der Waals surface area contributed by atoms with Crippen LogP contribution in [0.2, 0.25) is 0 Å². The van der Waals surface area contributed by atoms with Gasteiger partial charge in [-0.05, 0) is 23.6 Å². The molecule has 0 radical (unpaired) electrons. The standard InChI is InChI=1S/C14H15N3S2/c1-8(2)13-12(19-14(15)17-13)6-9-3-4-10-11(5-9)18-7-16-10/h3-5,7-8H,6H2,1-2H3,(H2,15,17). The molecule has 0 unspecified atom stereocenters. The molecule has 0 amide bonds. The van der Waals surface area contributed by atoms with E-state index in [1.165, 1.54) is 15.1 Å². The number of anilines is 1. The highest BCUT2D eigenvalue weighted by molar-refractivity contribution is 7.16. The van der Waals surface area contributed by atoms with Crippen LogP contribution in [0.15, 0.2) is 23.7 Å². The van der Waals surface area contributed by atoms with Crippen molar-refractivity contribution in [2.45, 2.75) is 26.2 Å². The van der Waals surface area contributed by atoms with Crippen LogP contribution >= 0.6 is 22.7 Å². The van der Waals surface area contributed by atoms with Crippen molar-refractivity contribution >= 4 is 38.0 Å². The quantitative estimate of drug-likeness (QED) is 0.791. The Kier molecular flexibility index (Phi) is 3.24. The topological polar surface area (TPSA) is 51.8 Å². The van der Waals surface area contributed by atoms with E-state index in [1.54, 1.807) is 22.7 Å². The van der Waals surface area contributed by atoms with Crippen LogP contribution in [0, 0.1) is 0 Å². The van der Waals surface area contributed by atoms with E-state index in [0.717, 1.165) is 17.6 Å². The molecule has 2 aromatic heterocycles.